The standard InChI is InChI=1S/C14H21Cl2NO3S/c1-14(19,9-21-2)8-17-6-10(18)7-20-13-11(15)4-3-5-12(13)16/h3-5,10,17-19H,6-9H2,1-2H3. The van der Waals surface area contributed by atoms with E-state index < -0.39 is 11.7 Å². The molecule has 4 nitrogen and oxygen atoms in total. The van der Waals surface area contributed by atoms with Gasteiger partial charge in [0.1, 0.15) is 12.7 Å². The molecular weight excluding hydrogens is 333 g/mol. The first kappa shape index (κ1) is 18.9. The second kappa shape index (κ2) is 9.08. The van der Waals surface area contributed by atoms with Crippen LogP contribution in [0.5, 0.6) is 5.75 Å². The van der Waals surface area contributed by atoms with Crippen molar-refractivity contribution in [1.29, 1.82) is 0 Å². The van der Waals surface area contributed by atoms with Gasteiger partial charge in [0.25, 0.3) is 0 Å². The summed E-state index contributed by atoms with van der Waals surface area (Å²) < 4.78 is 5.44. The van der Waals surface area contributed by atoms with Crippen LogP contribution in [0.15, 0.2) is 18.2 Å². The molecule has 0 aromatic heterocycles. The van der Waals surface area contributed by atoms with Gasteiger partial charge in [-0.25, -0.2) is 0 Å². The quantitative estimate of drug-likeness (QED) is 0.636. The Morgan fingerprint density at radius 1 is 1.38 bits per heavy atom. The Labute approximate surface area is 139 Å². The predicted octanol–water partition coefficient (Wildman–Crippen LogP) is 2.44. The first-order valence-electron chi connectivity index (χ1n) is 6.52. The van der Waals surface area contributed by atoms with Gasteiger partial charge in [-0.05, 0) is 25.3 Å². The molecule has 21 heavy (non-hydrogen) atoms. The fraction of sp³-hybridized carbons (Fsp3) is 0.571. The number of para-hydroxylation sites is 1. The highest BCUT2D eigenvalue weighted by atomic mass is 35.5. The zero-order valence-corrected chi connectivity index (χ0v) is 14.4. The molecule has 0 spiro atoms. The maximum atomic E-state index is 9.98. The molecule has 0 amide bonds. The summed E-state index contributed by atoms with van der Waals surface area (Å²) in [6.45, 7) is 2.54. The molecule has 0 fully saturated rings. The third-order valence-electron chi connectivity index (χ3n) is 2.68. The van der Waals surface area contributed by atoms with E-state index >= 15 is 0 Å². The molecule has 2 unspecified atom stereocenters. The largest absolute Gasteiger partial charge is 0.488 e. The Bertz CT molecular complexity index is 426. The third-order valence-corrected chi connectivity index (χ3v) is 4.19. The molecule has 0 aliphatic rings. The highest BCUT2D eigenvalue weighted by Gasteiger charge is 2.19. The van der Waals surface area contributed by atoms with Crippen molar-refractivity contribution in [2.24, 2.45) is 0 Å². The van der Waals surface area contributed by atoms with Crippen LogP contribution in [-0.4, -0.2) is 53.6 Å². The number of benzene rings is 1. The van der Waals surface area contributed by atoms with Gasteiger partial charge in [0.2, 0.25) is 0 Å². The molecule has 1 aromatic carbocycles. The zero-order valence-electron chi connectivity index (χ0n) is 12.1. The van der Waals surface area contributed by atoms with Crippen molar-refractivity contribution in [2.75, 3.05) is 31.7 Å². The van der Waals surface area contributed by atoms with Crippen molar-refractivity contribution in [3.63, 3.8) is 0 Å². The fourth-order valence-corrected chi connectivity index (χ4v) is 2.96. The second-order valence-electron chi connectivity index (χ2n) is 5.08. The highest BCUT2D eigenvalue weighted by molar-refractivity contribution is 7.98. The van der Waals surface area contributed by atoms with E-state index in [2.05, 4.69) is 5.32 Å². The van der Waals surface area contributed by atoms with Gasteiger partial charge >= 0.3 is 0 Å². The maximum absolute atomic E-state index is 9.98. The Balaban J connectivity index is 2.33. The molecule has 0 saturated carbocycles. The van der Waals surface area contributed by atoms with Crippen LogP contribution in [-0.2, 0) is 0 Å². The van der Waals surface area contributed by atoms with E-state index in [1.165, 1.54) is 0 Å². The van der Waals surface area contributed by atoms with Crippen LogP contribution in [0.25, 0.3) is 0 Å². The summed E-state index contributed by atoms with van der Waals surface area (Å²) in [5.74, 6) is 0.996. The van der Waals surface area contributed by atoms with E-state index in [0.717, 1.165) is 0 Å². The van der Waals surface area contributed by atoms with E-state index in [0.29, 0.717) is 34.6 Å². The molecule has 0 heterocycles. The molecular formula is C14H21Cl2NO3S. The van der Waals surface area contributed by atoms with Crippen LogP contribution in [0.1, 0.15) is 6.92 Å². The van der Waals surface area contributed by atoms with Crippen LogP contribution in [0.4, 0.5) is 0 Å². The van der Waals surface area contributed by atoms with E-state index in [-0.39, 0.29) is 6.61 Å². The number of nitrogens with one attached hydrogen (secondary N) is 1. The fourth-order valence-electron chi connectivity index (χ4n) is 1.73. The number of ether oxygens (including phenoxy) is 1. The molecule has 0 aliphatic heterocycles. The van der Waals surface area contributed by atoms with Crippen LogP contribution in [0.2, 0.25) is 10.0 Å². The Morgan fingerprint density at radius 2 is 2.00 bits per heavy atom. The minimum absolute atomic E-state index is 0.0706. The van der Waals surface area contributed by atoms with Gasteiger partial charge in [-0.3, -0.25) is 0 Å². The summed E-state index contributed by atoms with van der Waals surface area (Å²) >= 11 is 13.5. The molecule has 1 rings (SSSR count). The summed E-state index contributed by atoms with van der Waals surface area (Å²) in [6, 6.07) is 5.07. The minimum atomic E-state index is -0.800. The van der Waals surface area contributed by atoms with Gasteiger partial charge in [0, 0.05) is 18.8 Å². The lowest BCUT2D eigenvalue weighted by Gasteiger charge is -2.23. The summed E-state index contributed by atoms with van der Waals surface area (Å²) in [7, 11) is 0. The molecule has 7 heteroatoms. The number of aliphatic hydroxyl groups excluding tert-OH is 1. The monoisotopic (exact) mass is 353 g/mol. The predicted molar refractivity (Wildman–Crippen MR) is 89.8 cm³/mol. The van der Waals surface area contributed by atoms with Gasteiger partial charge in [0.05, 0.1) is 15.6 Å². The van der Waals surface area contributed by atoms with Crippen molar-refractivity contribution in [1.82, 2.24) is 5.32 Å². The first-order valence-corrected chi connectivity index (χ1v) is 8.67. The van der Waals surface area contributed by atoms with Crippen LogP contribution in [0, 0.1) is 0 Å². The number of aliphatic hydroxyl groups is 2. The number of hydrogen-bond acceptors (Lipinski definition) is 5. The average Bonchev–Trinajstić information content (AvgIpc) is 2.37. The van der Waals surface area contributed by atoms with Crippen LogP contribution in [0.3, 0.4) is 0 Å². The SMILES string of the molecule is CSCC(C)(O)CNCC(O)COc1c(Cl)cccc1Cl. The van der Waals surface area contributed by atoms with Crippen LogP contribution >= 0.6 is 35.0 Å². The summed E-state index contributed by atoms with van der Waals surface area (Å²) in [5, 5.41) is 23.7. The number of halogens is 2. The van der Waals surface area contributed by atoms with Crippen molar-refractivity contribution < 1.29 is 14.9 Å². The number of rotatable bonds is 9. The highest BCUT2D eigenvalue weighted by Crippen LogP contribution is 2.32. The molecule has 0 bridgehead atoms. The smallest absolute Gasteiger partial charge is 0.156 e. The Morgan fingerprint density at radius 3 is 2.57 bits per heavy atom. The molecule has 2 atom stereocenters. The molecule has 0 aliphatic carbocycles. The zero-order chi connectivity index (χ0) is 15.9. The van der Waals surface area contributed by atoms with Crippen molar-refractivity contribution >= 4 is 35.0 Å². The normalized spacial score (nSPS) is 15.5. The first-order chi connectivity index (χ1) is 9.85. The number of thioether (sulfide) groups is 1. The molecule has 1 aromatic rings. The minimum Gasteiger partial charge on any atom is -0.488 e. The lowest BCUT2D eigenvalue weighted by atomic mass is 10.1. The third kappa shape index (κ3) is 7.08. The van der Waals surface area contributed by atoms with Crippen LogP contribution < -0.4 is 10.1 Å². The molecule has 0 saturated heterocycles. The lowest BCUT2D eigenvalue weighted by molar-refractivity contribution is 0.0701. The Hall–Kier alpha value is -0.170. The molecule has 3 N–H and O–H groups in total. The van der Waals surface area contributed by atoms with Gasteiger partial charge in [-0.15, -0.1) is 0 Å². The van der Waals surface area contributed by atoms with Gasteiger partial charge in [-0.2, -0.15) is 11.8 Å². The van der Waals surface area contributed by atoms with Gasteiger partial charge in [-0.1, -0.05) is 29.3 Å². The van der Waals surface area contributed by atoms with Gasteiger partial charge in [0.15, 0.2) is 5.75 Å². The molecule has 0 radical (unpaired) electrons. The molecule has 120 valence electrons. The van der Waals surface area contributed by atoms with E-state index in [1.807, 2.05) is 6.26 Å². The van der Waals surface area contributed by atoms with E-state index in [9.17, 15) is 10.2 Å². The van der Waals surface area contributed by atoms with E-state index in [1.54, 1.807) is 36.9 Å². The topological polar surface area (TPSA) is 61.7 Å². The summed E-state index contributed by atoms with van der Waals surface area (Å²) in [6.07, 6.45) is 1.22. The maximum Gasteiger partial charge on any atom is 0.156 e. The Kier molecular flexibility index (Phi) is 8.16. The average molecular weight is 354 g/mol. The summed E-state index contributed by atoms with van der Waals surface area (Å²) in [5.41, 5.74) is -0.800. The van der Waals surface area contributed by atoms with Gasteiger partial charge < -0.3 is 20.3 Å². The van der Waals surface area contributed by atoms with Crippen molar-refractivity contribution in [3.8, 4) is 5.75 Å². The number of hydrogen-bond donors (Lipinski definition) is 3. The van der Waals surface area contributed by atoms with Crippen molar-refractivity contribution in [3.05, 3.63) is 28.2 Å². The van der Waals surface area contributed by atoms with Crippen molar-refractivity contribution in [2.45, 2.75) is 18.6 Å². The van der Waals surface area contributed by atoms with E-state index in [4.69, 9.17) is 27.9 Å². The summed E-state index contributed by atoms with van der Waals surface area (Å²) in [4.78, 5) is 0. The lowest BCUT2D eigenvalue weighted by Crippen LogP contribution is -2.43. The second-order valence-corrected chi connectivity index (χ2v) is 6.76.